The molecule has 0 aliphatic heterocycles. The van der Waals surface area contributed by atoms with Gasteiger partial charge < -0.3 is 10.5 Å². The highest BCUT2D eigenvalue weighted by Gasteiger charge is 2.15. The SMILES string of the molecule is CCOC(c1ccccc1)n1cc(C(N)=O)cn1. The number of nitrogens with zero attached hydrogens (tertiary/aromatic N) is 2. The second-order valence-electron chi connectivity index (χ2n) is 3.79. The number of carbonyl (C=O) groups excluding carboxylic acids is 1. The number of amides is 1. The minimum Gasteiger partial charge on any atom is -0.366 e. The summed E-state index contributed by atoms with van der Waals surface area (Å²) >= 11 is 0. The summed E-state index contributed by atoms with van der Waals surface area (Å²) in [5, 5.41) is 4.12. The molecule has 0 spiro atoms. The van der Waals surface area contributed by atoms with Crippen molar-refractivity contribution >= 4 is 5.91 Å². The molecule has 0 aliphatic rings. The molecule has 5 heteroatoms. The van der Waals surface area contributed by atoms with E-state index in [-0.39, 0.29) is 6.23 Å². The first-order chi connectivity index (χ1) is 8.72. The summed E-state index contributed by atoms with van der Waals surface area (Å²) in [5.74, 6) is -0.496. The van der Waals surface area contributed by atoms with E-state index in [1.165, 1.54) is 6.20 Å². The largest absolute Gasteiger partial charge is 0.366 e. The zero-order valence-corrected chi connectivity index (χ0v) is 10.1. The van der Waals surface area contributed by atoms with E-state index < -0.39 is 5.91 Å². The van der Waals surface area contributed by atoms with Crippen molar-refractivity contribution in [3.8, 4) is 0 Å². The maximum absolute atomic E-state index is 11.1. The van der Waals surface area contributed by atoms with E-state index in [1.54, 1.807) is 10.9 Å². The lowest BCUT2D eigenvalue weighted by molar-refractivity contribution is 0.0322. The quantitative estimate of drug-likeness (QED) is 0.869. The van der Waals surface area contributed by atoms with Gasteiger partial charge in [0.1, 0.15) is 0 Å². The molecule has 0 aliphatic carbocycles. The van der Waals surface area contributed by atoms with E-state index in [1.807, 2.05) is 37.3 Å². The van der Waals surface area contributed by atoms with Gasteiger partial charge >= 0.3 is 0 Å². The fourth-order valence-electron chi connectivity index (χ4n) is 1.69. The van der Waals surface area contributed by atoms with Crippen LogP contribution in [0.3, 0.4) is 0 Å². The van der Waals surface area contributed by atoms with Crippen LogP contribution in [-0.2, 0) is 4.74 Å². The molecule has 0 bridgehead atoms. The average Bonchev–Trinajstić information content (AvgIpc) is 2.86. The molecule has 1 amide bonds. The minimum absolute atomic E-state index is 0.343. The molecule has 0 radical (unpaired) electrons. The first-order valence-corrected chi connectivity index (χ1v) is 5.73. The lowest BCUT2D eigenvalue weighted by Crippen LogP contribution is -2.15. The van der Waals surface area contributed by atoms with Gasteiger partial charge in [-0.2, -0.15) is 5.10 Å². The Kier molecular flexibility index (Phi) is 3.74. The van der Waals surface area contributed by atoms with E-state index in [2.05, 4.69) is 5.10 Å². The lowest BCUT2D eigenvalue weighted by atomic mass is 10.2. The normalized spacial score (nSPS) is 12.3. The van der Waals surface area contributed by atoms with Gasteiger partial charge in [0.05, 0.1) is 11.8 Å². The molecular weight excluding hydrogens is 230 g/mol. The first-order valence-electron chi connectivity index (χ1n) is 5.73. The fraction of sp³-hybridized carbons (Fsp3) is 0.231. The highest BCUT2D eigenvalue weighted by Crippen LogP contribution is 2.19. The lowest BCUT2D eigenvalue weighted by Gasteiger charge is -2.17. The Morgan fingerprint density at radius 2 is 2.17 bits per heavy atom. The number of primary amides is 1. The Balaban J connectivity index is 2.32. The molecule has 94 valence electrons. The highest BCUT2D eigenvalue weighted by molar-refractivity contribution is 5.92. The van der Waals surface area contributed by atoms with E-state index in [0.717, 1.165) is 5.56 Å². The van der Waals surface area contributed by atoms with Crippen LogP contribution < -0.4 is 5.73 Å². The van der Waals surface area contributed by atoms with Gasteiger partial charge in [-0.15, -0.1) is 0 Å². The number of ether oxygens (including phenoxy) is 1. The molecular formula is C13H15N3O2. The van der Waals surface area contributed by atoms with Crippen molar-refractivity contribution < 1.29 is 9.53 Å². The molecule has 1 unspecified atom stereocenters. The average molecular weight is 245 g/mol. The van der Waals surface area contributed by atoms with Crippen LogP contribution in [-0.4, -0.2) is 22.3 Å². The Morgan fingerprint density at radius 3 is 2.72 bits per heavy atom. The summed E-state index contributed by atoms with van der Waals surface area (Å²) in [7, 11) is 0. The Bertz CT molecular complexity index is 522. The van der Waals surface area contributed by atoms with Gasteiger partial charge in [-0.05, 0) is 6.92 Å². The van der Waals surface area contributed by atoms with Crippen LogP contribution in [0.4, 0.5) is 0 Å². The fourth-order valence-corrected chi connectivity index (χ4v) is 1.69. The second kappa shape index (κ2) is 5.46. The molecule has 2 aromatic rings. The smallest absolute Gasteiger partial charge is 0.251 e. The van der Waals surface area contributed by atoms with Crippen molar-refractivity contribution in [3.05, 3.63) is 53.9 Å². The summed E-state index contributed by atoms with van der Waals surface area (Å²) in [6.45, 7) is 2.46. The molecule has 2 rings (SSSR count). The van der Waals surface area contributed by atoms with Gasteiger partial charge in [0.15, 0.2) is 6.23 Å². The van der Waals surface area contributed by atoms with Crippen LogP contribution in [0.5, 0.6) is 0 Å². The first kappa shape index (κ1) is 12.3. The van der Waals surface area contributed by atoms with Crippen LogP contribution in [0.25, 0.3) is 0 Å². The molecule has 0 saturated carbocycles. The Labute approximate surface area is 105 Å². The Hall–Kier alpha value is -2.14. The monoisotopic (exact) mass is 245 g/mol. The van der Waals surface area contributed by atoms with E-state index in [4.69, 9.17) is 10.5 Å². The summed E-state index contributed by atoms with van der Waals surface area (Å²) in [6.07, 6.45) is 2.69. The number of carbonyl (C=O) groups is 1. The predicted molar refractivity (Wildman–Crippen MR) is 67.0 cm³/mol. The van der Waals surface area contributed by atoms with Gasteiger partial charge in [0, 0.05) is 18.4 Å². The van der Waals surface area contributed by atoms with E-state index >= 15 is 0 Å². The third kappa shape index (κ3) is 2.57. The third-order valence-corrected chi connectivity index (χ3v) is 2.54. The van der Waals surface area contributed by atoms with Gasteiger partial charge in [0.2, 0.25) is 0 Å². The van der Waals surface area contributed by atoms with Gasteiger partial charge in [-0.1, -0.05) is 30.3 Å². The maximum atomic E-state index is 11.1. The van der Waals surface area contributed by atoms with Crippen molar-refractivity contribution in [2.24, 2.45) is 5.73 Å². The van der Waals surface area contributed by atoms with Crippen LogP contribution >= 0.6 is 0 Å². The van der Waals surface area contributed by atoms with Crippen LogP contribution in [0.15, 0.2) is 42.7 Å². The number of hydrogen-bond donors (Lipinski definition) is 1. The summed E-state index contributed by atoms with van der Waals surface area (Å²) < 4.78 is 7.25. The standard InChI is InChI=1S/C13H15N3O2/c1-2-18-13(10-6-4-3-5-7-10)16-9-11(8-15-16)12(14)17/h3-9,13H,2H2,1H3,(H2,14,17). The topological polar surface area (TPSA) is 70.1 Å². The number of rotatable bonds is 5. The third-order valence-electron chi connectivity index (χ3n) is 2.54. The van der Waals surface area contributed by atoms with Gasteiger partial charge in [0.25, 0.3) is 5.91 Å². The highest BCUT2D eigenvalue weighted by atomic mass is 16.5. The molecule has 1 aromatic heterocycles. The van der Waals surface area contributed by atoms with Crippen LogP contribution in [0.2, 0.25) is 0 Å². The van der Waals surface area contributed by atoms with Crippen molar-refractivity contribution in [1.29, 1.82) is 0 Å². The molecule has 18 heavy (non-hydrogen) atoms. The van der Waals surface area contributed by atoms with Crippen molar-refractivity contribution in [1.82, 2.24) is 9.78 Å². The zero-order chi connectivity index (χ0) is 13.0. The van der Waals surface area contributed by atoms with Gasteiger partial charge in [-0.25, -0.2) is 4.68 Å². The predicted octanol–water partition coefficient (Wildman–Crippen LogP) is 1.57. The molecule has 1 aromatic carbocycles. The van der Waals surface area contributed by atoms with Crippen LogP contribution in [0.1, 0.15) is 29.1 Å². The van der Waals surface area contributed by atoms with Crippen molar-refractivity contribution in [2.75, 3.05) is 6.61 Å². The number of benzene rings is 1. The number of hydrogen-bond acceptors (Lipinski definition) is 3. The molecule has 2 N–H and O–H groups in total. The second-order valence-corrected chi connectivity index (χ2v) is 3.79. The number of nitrogens with two attached hydrogens (primary N) is 1. The minimum atomic E-state index is -0.496. The molecule has 0 fully saturated rings. The van der Waals surface area contributed by atoms with Crippen LogP contribution in [0, 0.1) is 0 Å². The maximum Gasteiger partial charge on any atom is 0.251 e. The van der Waals surface area contributed by atoms with Crippen molar-refractivity contribution in [2.45, 2.75) is 13.2 Å². The van der Waals surface area contributed by atoms with E-state index in [0.29, 0.717) is 12.2 Å². The number of aromatic nitrogens is 2. The van der Waals surface area contributed by atoms with Gasteiger partial charge in [-0.3, -0.25) is 4.79 Å². The van der Waals surface area contributed by atoms with Crippen molar-refractivity contribution in [3.63, 3.8) is 0 Å². The Morgan fingerprint density at radius 1 is 1.44 bits per heavy atom. The summed E-state index contributed by atoms with van der Waals surface area (Å²) in [5.41, 5.74) is 6.55. The molecule has 1 atom stereocenters. The zero-order valence-electron chi connectivity index (χ0n) is 10.1. The molecule has 1 heterocycles. The molecule has 5 nitrogen and oxygen atoms in total. The summed E-state index contributed by atoms with van der Waals surface area (Å²) in [4.78, 5) is 11.1. The summed E-state index contributed by atoms with van der Waals surface area (Å²) in [6, 6.07) is 9.70. The van der Waals surface area contributed by atoms with E-state index in [9.17, 15) is 4.79 Å². The molecule has 0 saturated heterocycles.